The molecule has 2 N–H and O–H groups in total. The van der Waals surface area contributed by atoms with Crippen LogP contribution in [-0.4, -0.2) is 35.6 Å². The zero-order valence-corrected chi connectivity index (χ0v) is 18.2. The maximum Gasteiger partial charge on any atom is 0.573 e. The molecular formula is C19H20F3N3O5S2. The largest absolute Gasteiger partial charge is 0.573 e. The summed E-state index contributed by atoms with van der Waals surface area (Å²) in [5.74, 6) is -0.361. The SMILES string of the molecule is O=S(=O)(NC1=NCCCCC1)c1cccc(NS(=O)(=O)c2cccc(OC(F)(F)F)c2)c1. The van der Waals surface area contributed by atoms with Crippen LogP contribution in [0, 0.1) is 0 Å². The number of benzene rings is 2. The van der Waals surface area contributed by atoms with Crippen LogP contribution in [0.4, 0.5) is 18.9 Å². The first-order valence-electron chi connectivity index (χ1n) is 9.49. The predicted molar refractivity (Wildman–Crippen MR) is 111 cm³/mol. The van der Waals surface area contributed by atoms with Gasteiger partial charge in [0, 0.05) is 19.0 Å². The summed E-state index contributed by atoms with van der Waals surface area (Å²) in [7, 11) is -8.33. The van der Waals surface area contributed by atoms with Gasteiger partial charge in [-0.15, -0.1) is 13.2 Å². The van der Waals surface area contributed by atoms with E-state index in [2.05, 4.69) is 19.2 Å². The summed E-state index contributed by atoms with van der Waals surface area (Å²) in [5.41, 5.74) is -0.0853. The van der Waals surface area contributed by atoms with Crippen molar-refractivity contribution in [3.05, 3.63) is 48.5 Å². The maximum absolute atomic E-state index is 12.7. The highest BCUT2D eigenvalue weighted by molar-refractivity contribution is 7.92. The molecule has 0 bridgehead atoms. The molecule has 3 rings (SSSR count). The van der Waals surface area contributed by atoms with Crippen LogP contribution in [0.5, 0.6) is 5.75 Å². The molecule has 0 amide bonds. The molecular weight excluding hydrogens is 471 g/mol. The fourth-order valence-corrected chi connectivity index (χ4v) is 5.17. The highest BCUT2D eigenvalue weighted by atomic mass is 32.2. The molecule has 0 fully saturated rings. The number of aliphatic imine (C=N–C) groups is 1. The number of sulfonamides is 2. The van der Waals surface area contributed by atoms with Crippen LogP contribution >= 0.6 is 0 Å². The lowest BCUT2D eigenvalue weighted by atomic mass is 10.2. The molecule has 1 aliphatic heterocycles. The van der Waals surface area contributed by atoms with Crippen molar-refractivity contribution in [1.82, 2.24) is 4.72 Å². The van der Waals surface area contributed by atoms with Crippen LogP contribution in [0.3, 0.4) is 0 Å². The molecule has 0 saturated heterocycles. The number of nitrogens with one attached hydrogen (secondary N) is 2. The third kappa shape index (κ3) is 6.60. The minimum atomic E-state index is -4.98. The van der Waals surface area contributed by atoms with Gasteiger partial charge in [0.2, 0.25) is 0 Å². The van der Waals surface area contributed by atoms with Gasteiger partial charge in [-0.05, 0) is 43.2 Å². The van der Waals surface area contributed by atoms with E-state index < -0.39 is 37.1 Å². The maximum atomic E-state index is 12.7. The minimum Gasteiger partial charge on any atom is -0.406 e. The highest BCUT2D eigenvalue weighted by Crippen LogP contribution is 2.26. The van der Waals surface area contributed by atoms with E-state index >= 15 is 0 Å². The number of rotatable bonds is 6. The number of ether oxygens (including phenoxy) is 1. The Hall–Kier alpha value is -2.80. The predicted octanol–water partition coefficient (Wildman–Crippen LogP) is 3.64. The molecule has 2 aromatic carbocycles. The molecule has 0 unspecified atom stereocenters. The Labute approximate surface area is 183 Å². The van der Waals surface area contributed by atoms with E-state index in [1.54, 1.807) is 0 Å². The van der Waals surface area contributed by atoms with Gasteiger partial charge >= 0.3 is 6.36 Å². The van der Waals surface area contributed by atoms with Gasteiger partial charge in [-0.25, -0.2) is 16.8 Å². The van der Waals surface area contributed by atoms with E-state index in [9.17, 15) is 30.0 Å². The first kappa shape index (κ1) is 23.9. The second kappa shape index (κ2) is 9.36. The second-order valence-electron chi connectivity index (χ2n) is 6.90. The Morgan fingerprint density at radius 3 is 2.22 bits per heavy atom. The summed E-state index contributed by atoms with van der Waals surface area (Å²) in [6.07, 6.45) is -1.87. The zero-order valence-electron chi connectivity index (χ0n) is 16.6. The topological polar surface area (TPSA) is 114 Å². The average molecular weight is 492 g/mol. The fraction of sp³-hybridized carbons (Fsp3) is 0.316. The summed E-state index contributed by atoms with van der Waals surface area (Å²) in [6, 6.07) is 8.89. The van der Waals surface area contributed by atoms with Gasteiger partial charge in [0.15, 0.2) is 0 Å². The Kier molecular flexibility index (Phi) is 6.98. The summed E-state index contributed by atoms with van der Waals surface area (Å²) in [6.45, 7) is 0.523. The summed E-state index contributed by atoms with van der Waals surface area (Å²) in [5, 5.41) is 0. The van der Waals surface area contributed by atoms with E-state index in [1.807, 2.05) is 0 Å². The van der Waals surface area contributed by atoms with Crippen molar-refractivity contribution in [1.29, 1.82) is 0 Å². The summed E-state index contributed by atoms with van der Waals surface area (Å²) >= 11 is 0. The van der Waals surface area contributed by atoms with E-state index in [1.165, 1.54) is 18.2 Å². The number of halogens is 3. The van der Waals surface area contributed by atoms with Crippen LogP contribution in [0.25, 0.3) is 0 Å². The van der Waals surface area contributed by atoms with Crippen molar-refractivity contribution in [3.8, 4) is 5.75 Å². The molecule has 32 heavy (non-hydrogen) atoms. The Morgan fingerprint density at radius 1 is 0.844 bits per heavy atom. The fourth-order valence-electron chi connectivity index (χ4n) is 2.95. The molecule has 0 aromatic heterocycles. The lowest BCUT2D eigenvalue weighted by Gasteiger charge is -2.13. The quantitative estimate of drug-likeness (QED) is 0.641. The van der Waals surface area contributed by atoms with Gasteiger partial charge in [0.05, 0.1) is 15.5 Å². The average Bonchev–Trinajstić information content (AvgIpc) is 2.95. The highest BCUT2D eigenvalue weighted by Gasteiger charge is 2.31. The number of alkyl halides is 3. The van der Waals surface area contributed by atoms with Gasteiger partial charge < -0.3 is 4.74 Å². The molecule has 174 valence electrons. The molecule has 0 aliphatic carbocycles. The first-order valence-corrected chi connectivity index (χ1v) is 12.5. The second-order valence-corrected chi connectivity index (χ2v) is 10.3. The van der Waals surface area contributed by atoms with E-state index in [0.29, 0.717) is 24.9 Å². The Bertz CT molecular complexity index is 1210. The van der Waals surface area contributed by atoms with Crippen LogP contribution in [0.1, 0.15) is 25.7 Å². The number of hydrogen-bond donors (Lipinski definition) is 2. The molecule has 0 radical (unpaired) electrons. The van der Waals surface area contributed by atoms with E-state index in [0.717, 1.165) is 43.5 Å². The normalized spacial score (nSPS) is 15.4. The monoisotopic (exact) mass is 491 g/mol. The summed E-state index contributed by atoms with van der Waals surface area (Å²) in [4.78, 5) is 3.53. The summed E-state index contributed by atoms with van der Waals surface area (Å²) < 4.78 is 96.1. The number of nitrogens with zero attached hydrogens (tertiary/aromatic N) is 1. The van der Waals surface area contributed by atoms with Crippen LogP contribution < -0.4 is 14.2 Å². The molecule has 0 spiro atoms. The van der Waals surface area contributed by atoms with Crippen molar-refractivity contribution < 1.29 is 34.7 Å². The van der Waals surface area contributed by atoms with E-state index in [4.69, 9.17) is 0 Å². The molecule has 0 saturated carbocycles. The van der Waals surface area contributed by atoms with Crippen LogP contribution in [0.15, 0.2) is 63.3 Å². The van der Waals surface area contributed by atoms with Crippen molar-refractivity contribution in [3.63, 3.8) is 0 Å². The van der Waals surface area contributed by atoms with Crippen molar-refractivity contribution in [2.45, 2.75) is 41.8 Å². The third-order valence-electron chi connectivity index (χ3n) is 4.37. The van der Waals surface area contributed by atoms with Gasteiger partial charge in [0.25, 0.3) is 20.0 Å². The Morgan fingerprint density at radius 2 is 1.50 bits per heavy atom. The number of amidine groups is 1. The number of anilines is 1. The lowest BCUT2D eigenvalue weighted by Crippen LogP contribution is -2.30. The third-order valence-corrected chi connectivity index (χ3v) is 7.13. The van der Waals surface area contributed by atoms with Gasteiger partial charge in [-0.2, -0.15) is 0 Å². The molecule has 1 heterocycles. The van der Waals surface area contributed by atoms with Crippen molar-refractivity contribution >= 4 is 31.6 Å². The van der Waals surface area contributed by atoms with Crippen LogP contribution in [-0.2, 0) is 20.0 Å². The van der Waals surface area contributed by atoms with Crippen LogP contribution in [0.2, 0.25) is 0 Å². The first-order chi connectivity index (χ1) is 14.9. The zero-order chi connectivity index (χ0) is 23.4. The van der Waals surface area contributed by atoms with Crippen molar-refractivity contribution in [2.75, 3.05) is 11.3 Å². The smallest absolute Gasteiger partial charge is 0.406 e. The van der Waals surface area contributed by atoms with Gasteiger partial charge in [0.1, 0.15) is 11.6 Å². The van der Waals surface area contributed by atoms with Gasteiger partial charge in [-0.1, -0.05) is 18.6 Å². The molecule has 1 aliphatic rings. The van der Waals surface area contributed by atoms with E-state index in [-0.39, 0.29) is 10.6 Å². The lowest BCUT2D eigenvalue weighted by molar-refractivity contribution is -0.274. The standard InChI is InChI=1S/C19H20F3N3O5S2/c20-19(21,22)30-15-7-5-9-17(13-15)31(26,27)24-14-6-4-8-16(12-14)32(28,29)25-18-10-2-1-3-11-23-18/h4-9,12-13,24H,1-3,10-11H2,(H,23,25). The molecule has 8 nitrogen and oxygen atoms in total. The molecule has 13 heteroatoms. The van der Waals surface area contributed by atoms with Crippen molar-refractivity contribution in [2.24, 2.45) is 4.99 Å². The molecule has 2 aromatic rings. The molecule has 0 atom stereocenters. The Balaban J connectivity index is 1.81. The van der Waals surface area contributed by atoms with Gasteiger partial charge in [-0.3, -0.25) is 14.4 Å². The minimum absolute atomic E-state index is 0.0853. The number of hydrogen-bond acceptors (Lipinski definition) is 6.